The van der Waals surface area contributed by atoms with Crippen LogP contribution in [0.4, 0.5) is 6.01 Å². The van der Waals surface area contributed by atoms with E-state index in [-0.39, 0.29) is 0 Å². The number of hydrogen-bond acceptors (Lipinski definition) is 5. The monoisotopic (exact) mass is 351 g/mol. The van der Waals surface area contributed by atoms with E-state index in [9.17, 15) is 0 Å². The van der Waals surface area contributed by atoms with Crippen molar-refractivity contribution in [1.82, 2.24) is 19.7 Å². The highest BCUT2D eigenvalue weighted by Crippen LogP contribution is 2.25. The molecular formula is C20H25N5O. The highest BCUT2D eigenvalue weighted by Gasteiger charge is 2.27. The Morgan fingerprint density at radius 1 is 1.15 bits per heavy atom. The van der Waals surface area contributed by atoms with Gasteiger partial charge in [0.2, 0.25) is 0 Å². The Balaban J connectivity index is 1.27. The first-order chi connectivity index (χ1) is 12.8. The Bertz CT molecular complexity index is 857. The Hall–Kier alpha value is -2.34. The third-order valence-corrected chi connectivity index (χ3v) is 5.59. The summed E-state index contributed by atoms with van der Waals surface area (Å²) in [6.07, 6.45) is 3.73. The average molecular weight is 351 g/mol. The number of fused-ring (bicyclic) bond motifs is 2. The molecule has 0 saturated carbocycles. The van der Waals surface area contributed by atoms with Crippen LogP contribution in [0.2, 0.25) is 0 Å². The minimum absolute atomic E-state index is 0.369. The molecule has 0 bridgehead atoms. The third kappa shape index (κ3) is 2.88. The van der Waals surface area contributed by atoms with Gasteiger partial charge in [0, 0.05) is 44.5 Å². The lowest BCUT2D eigenvalue weighted by atomic mass is 10.1. The molecule has 4 heterocycles. The van der Waals surface area contributed by atoms with Crippen molar-refractivity contribution in [3.63, 3.8) is 0 Å². The van der Waals surface area contributed by atoms with E-state index >= 15 is 0 Å². The van der Waals surface area contributed by atoms with E-state index in [1.165, 1.54) is 30.7 Å². The fraction of sp³-hybridized carbons (Fsp3) is 0.500. The second-order valence-corrected chi connectivity index (χ2v) is 7.55. The van der Waals surface area contributed by atoms with Crippen LogP contribution in [-0.4, -0.2) is 45.3 Å². The molecule has 136 valence electrons. The van der Waals surface area contributed by atoms with Crippen molar-refractivity contribution in [3.05, 3.63) is 41.7 Å². The van der Waals surface area contributed by atoms with Crippen molar-refractivity contribution < 1.29 is 4.42 Å². The van der Waals surface area contributed by atoms with Gasteiger partial charge < -0.3 is 9.32 Å². The lowest BCUT2D eigenvalue weighted by molar-refractivity contribution is 0.213. The fourth-order valence-corrected chi connectivity index (χ4v) is 4.23. The molecule has 1 saturated heterocycles. The molecule has 1 fully saturated rings. The van der Waals surface area contributed by atoms with Gasteiger partial charge in [-0.25, -0.2) is 0 Å². The maximum Gasteiger partial charge on any atom is 0.298 e. The van der Waals surface area contributed by atoms with E-state index in [1.54, 1.807) is 0 Å². The average Bonchev–Trinajstić information content (AvgIpc) is 3.24. The third-order valence-electron chi connectivity index (χ3n) is 5.59. The van der Waals surface area contributed by atoms with Crippen LogP contribution in [0.1, 0.15) is 31.2 Å². The highest BCUT2D eigenvalue weighted by atomic mass is 16.4. The summed E-state index contributed by atoms with van der Waals surface area (Å²) in [7, 11) is 0. The Labute approximate surface area is 153 Å². The van der Waals surface area contributed by atoms with E-state index < -0.39 is 0 Å². The molecule has 0 spiro atoms. The van der Waals surface area contributed by atoms with E-state index in [0.29, 0.717) is 6.04 Å². The number of piperazine rings is 1. The second kappa shape index (κ2) is 6.43. The van der Waals surface area contributed by atoms with Crippen LogP contribution in [-0.2, 0) is 19.5 Å². The maximum absolute atomic E-state index is 5.97. The smallest absolute Gasteiger partial charge is 0.298 e. The highest BCUT2D eigenvalue weighted by molar-refractivity contribution is 5.74. The quantitative estimate of drug-likeness (QED) is 0.726. The Morgan fingerprint density at radius 3 is 2.92 bits per heavy atom. The predicted octanol–water partition coefficient (Wildman–Crippen LogP) is 3.07. The lowest BCUT2D eigenvalue weighted by Gasteiger charge is -2.38. The summed E-state index contributed by atoms with van der Waals surface area (Å²) in [6.45, 7) is 7.20. The normalized spacial score (nSPS) is 21.3. The molecule has 6 nitrogen and oxygen atoms in total. The van der Waals surface area contributed by atoms with Crippen molar-refractivity contribution in [2.75, 3.05) is 24.5 Å². The Kier molecular flexibility index (Phi) is 3.93. The second-order valence-electron chi connectivity index (χ2n) is 7.55. The number of aryl methyl sites for hydroxylation is 2. The summed E-state index contributed by atoms with van der Waals surface area (Å²) in [5, 5.41) is 4.81. The van der Waals surface area contributed by atoms with Gasteiger partial charge in [0.15, 0.2) is 5.58 Å². The summed E-state index contributed by atoms with van der Waals surface area (Å²) in [6, 6.07) is 11.4. The maximum atomic E-state index is 5.97. The van der Waals surface area contributed by atoms with Gasteiger partial charge in [0.25, 0.3) is 6.01 Å². The summed E-state index contributed by atoms with van der Waals surface area (Å²) in [4.78, 5) is 9.45. The number of benzene rings is 1. The van der Waals surface area contributed by atoms with Crippen LogP contribution in [0.15, 0.2) is 34.7 Å². The van der Waals surface area contributed by atoms with Gasteiger partial charge in [-0.3, -0.25) is 9.58 Å². The van der Waals surface area contributed by atoms with Gasteiger partial charge in [0.1, 0.15) is 5.52 Å². The molecule has 1 unspecified atom stereocenters. The van der Waals surface area contributed by atoms with Gasteiger partial charge in [-0.15, -0.1) is 0 Å². The predicted molar refractivity (Wildman–Crippen MR) is 101 cm³/mol. The van der Waals surface area contributed by atoms with Crippen LogP contribution in [0.5, 0.6) is 0 Å². The molecule has 5 rings (SSSR count). The minimum Gasteiger partial charge on any atom is -0.423 e. The van der Waals surface area contributed by atoms with Gasteiger partial charge in [0.05, 0.1) is 5.69 Å². The molecular weight excluding hydrogens is 326 g/mol. The van der Waals surface area contributed by atoms with Gasteiger partial charge in [-0.2, -0.15) is 10.1 Å². The van der Waals surface area contributed by atoms with Crippen LogP contribution < -0.4 is 4.90 Å². The molecule has 1 atom stereocenters. The number of para-hydroxylation sites is 2. The molecule has 2 aliphatic heterocycles. The number of oxazole rings is 1. The fourth-order valence-electron chi connectivity index (χ4n) is 4.23. The number of nitrogens with zero attached hydrogens (tertiary/aromatic N) is 5. The number of aromatic nitrogens is 3. The van der Waals surface area contributed by atoms with Crippen LogP contribution >= 0.6 is 0 Å². The molecule has 26 heavy (non-hydrogen) atoms. The molecule has 2 aromatic heterocycles. The first-order valence-corrected chi connectivity index (χ1v) is 9.66. The van der Waals surface area contributed by atoms with Crippen molar-refractivity contribution in [2.45, 2.75) is 45.3 Å². The van der Waals surface area contributed by atoms with E-state index in [4.69, 9.17) is 9.52 Å². The molecule has 1 aromatic carbocycles. The minimum atomic E-state index is 0.369. The van der Waals surface area contributed by atoms with Crippen molar-refractivity contribution in [2.24, 2.45) is 0 Å². The molecule has 0 aliphatic carbocycles. The zero-order chi connectivity index (χ0) is 17.5. The molecule has 0 radical (unpaired) electrons. The molecule has 3 aromatic rings. The van der Waals surface area contributed by atoms with Crippen LogP contribution in [0.25, 0.3) is 11.1 Å². The zero-order valence-electron chi connectivity index (χ0n) is 15.3. The first-order valence-electron chi connectivity index (χ1n) is 9.66. The number of hydrogen-bond donors (Lipinski definition) is 0. The van der Waals surface area contributed by atoms with Gasteiger partial charge >= 0.3 is 0 Å². The SMILES string of the molecule is CC1CN(Cc2cc3n(n2)CCCC3)CCN1c1nc2ccccc2o1. The van der Waals surface area contributed by atoms with Crippen molar-refractivity contribution >= 4 is 17.1 Å². The van der Waals surface area contributed by atoms with E-state index in [0.717, 1.165) is 49.8 Å². The van der Waals surface area contributed by atoms with E-state index in [1.807, 2.05) is 24.3 Å². The van der Waals surface area contributed by atoms with Crippen LogP contribution in [0.3, 0.4) is 0 Å². The van der Waals surface area contributed by atoms with Crippen molar-refractivity contribution in [1.29, 1.82) is 0 Å². The molecule has 0 N–H and O–H groups in total. The first kappa shape index (κ1) is 15.9. The number of anilines is 1. The summed E-state index contributed by atoms with van der Waals surface area (Å²) >= 11 is 0. The van der Waals surface area contributed by atoms with Gasteiger partial charge in [-0.05, 0) is 44.4 Å². The topological polar surface area (TPSA) is 50.3 Å². The van der Waals surface area contributed by atoms with Crippen LogP contribution in [0, 0.1) is 0 Å². The summed E-state index contributed by atoms with van der Waals surface area (Å²) < 4.78 is 8.17. The lowest BCUT2D eigenvalue weighted by Crippen LogP contribution is -2.51. The van der Waals surface area contributed by atoms with E-state index in [2.05, 4.69) is 32.5 Å². The summed E-state index contributed by atoms with van der Waals surface area (Å²) in [5.41, 5.74) is 4.41. The largest absolute Gasteiger partial charge is 0.423 e. The standard InChI is InChI=1S/C20H25N5O/c1-15-13-23(14-16-12-17-6-4-5-9-25(17)22-16)10-11-24(15)20-21-18-7-2-3-8-19(18)26-20/h2-3,7-8,12,15H,4-6,9-11,13-14H2,1H3. The zero-order valence-corrected chi connectivity index (χ0v) is 15.3. The molecule has 6 heteroatoms. The Morgan fingerprint density at radius 2 is 2.08 bits per heavy atom. The summed E-state index contributed by atoms with van der Waals surface area (Å²) in [5.74, 6) is 0. The van der Waals surface area contributed by atoms with Crippen molar-refractivity contribution in [3.8, 4) is 0 Å². The molecule has 0 amide bonds. The molecule has 2 aliphatic rings. The number of rotatable bonds is 3. The van der Waals surface area contributed by atoms with Gasteiger partial charge in [-0.1, -0.05) is 12.1 Å².